The molecule has 0 saturated carbocycles. The molecular formula is C21H16BrFN4O. The van der Waals surface area contributed by atoms with Crippen molar-refractivity contribution in [2.45, 2.75) is 6.54 Å². The zero-order valence-electron chi connectivity index (χ0n) is 15.0. The van der Waals surface area contributed by atoms with E-state index in [0.29, 0.717) is 23.4 Å². The number of nitrogens with zero attached hydrogens (tertiary/aromatic N) is 4. The fourth-order valence-electron chi connectivity index (χ4n) is 2.58. The van der Waals surface area contributed by atoms with Crippen molar-refractivity contribution in [3.05, 3.63) is 87.9 Å². The molecule has 140 valence electrons. The maximum Gasteiger partial charge on any atom is 0.246 e. The van der Waals surface area contributed by atoms with E-state index in [1.165, 1.54) is 16.8 Å². The van der Waals surface area contributed by atoms with Gasteiger partial charge in [0.15, 0.2) is 0 Å². The van der Waals surface area contributed by atoms with Gasteiger partial charge in [-0.15, -0.1) is 0 Å². The minimum absolute atomic E-state index is 0.204. The molecule has 0 aliphatic rings. The molecule has 0 unspecified atom stereocenters. The number of hydrogen-bond acceptors (Lipinski definition) is 3. The van der Waals surface area contributed by atoms with Crippen LogP contribution in [0.2, 0.25) is 0 Å². The SMILES string of the molecule is CN(Cc1ccc(C#N)cc1)C(=O)/C=C/c1ccc(-n2cc(Br)cn2)c(F)c1. The van der Waals surface area contributed by atoms with Gasteiger partial charge in [-0.2, -0.15) is 10.4 Å². The molecule has 3 aromatic rings. The molecule has 2 aromatic carbocycles. The van der Waals surface area contributed by atoms with Crippen molar-refractivity contribution < 1.29 is 9.18 Å². The van der Waals surface area contributed by atoms with Crippen LogP contribution in [0.15, 0.2) is 65.4 Å². The lowest BCUT2D eigenvalue weighted by Crippen LogP contribution is -2.24. The number of likely N-dealkylation sites (N-methyl/N-ethyl adjacent to an activating group) is 1. The van der Waals surface area contributed by atoms with Crippen LogP contribution in [-0.2, 0) is 11.3 Å². The molecule has 0 atom stereocenters. The Labute approximate surface area is 170 Å². The molecule has 0 fully saturated rings. The Balaban J connectivity index is 1.66. The van der Waals surface area contributed by atoms with E-state index in [9.17, 15) is 9.18 Å². The second-order valence-corrected chi connectivity index (χ2v) is 7.07. The lowest BCUT2D eigenvalue weighted by Gasteiger charge is -2.15. The minimum Gasteiger partial charge on any atom is -0.338 e. The molecule has 0 spiro atoms. The van der Waals surface area contributed by atoms with E-state index in [0.717, 1.165) is 10.0 Å². The molecule has 28 heavy (non-hydrogen) atoms. The molecule has 0 saturated heterocycles. The number of aromatic nitrogens is 2. The summed E-state index contributed by atoms with van der Waals surface area (Å²) in [6, 6.07) is 13.8. The van der Waals surface area contributed by atoms with Crippen LogP contribution in [0.25, 0.3) is 11.8 Å². The summed E-state index contributed by atoms with van der Waals surface area (Å²) in [4.78, 5) is 13.8. The van der Waals surface area contributed by atoms with E-state index in [1.54, 1.807) is 54.7 Å². The second kappa shape index (κ2) is 8.63. The highest BCUT2D eigenvalue weighted by Gasteiger charge is 2.08. The molecule has 5 nitrogen and oxygen atoms in total. The van der Waals surface area contributed by atoms with Crippen LogP contribution in [0.5, 0.6) is 0 Å². The fraction of sp³-hybridized carbons (Fsp3) is 0.0952. The van der Waals surface area contributed by atoms with Crippen LogP contribution in [0.4, 0.5) is 4.39 Å². The van der Waals surface area contributed by atoms with E-state index in [1.807, 2.05) is 12.1 Å². The fourth-order valence-corrected chi connectivity index (χ4v) is 2.86. The van der Waals surface area contributed by atoms with Gasteiger partial charge in [-0.05, 0) is 57.4 Å². The molecule has 0 aliphatic heterocycles. The first-order chi connectivity index (χ1) is 13.5. The molecule has 0 N–H and O–H groups in total. The van der Waals surface area contributed by atoms with Gasteiger partial charge in [0, 0.05) is 25.9 Å². The lowest BCUT2D eigenvalue weighted by atomic mass is 10.1. The first kappa shape index (κ1) is 19.5. The van der Waals surface area contributed by atoms with Gasteiger partial charge < -0.3 is 4.90 Å². The van der Waals surface area contributed by atoms with E-state index < -0.39 is 5.82 Å². The Morgan fingerprint density at radius 3 is 2.68 bits per heavy atom. The molecule has 1 heterocycles. The van der Waals surface area contributed by atoms with Crippen LogP contribution < -0.4 is 0 Å². The van der Waals surface area contributed by atoms with Crippen LogP contribution in [0, 0.1) is 17.1 Å². The predicted octanol–water partition coefficient (Wildman–Crippen LogP) is 4.32. The average Bonchev–Trinajstić information content (AvgIpc) is 3.12. The topological polar surface area (TPSA) is 61.9 Å². The zero-order valence-corrected chi connectivity index (χ0v) is 16.6. The number of nitriles is 1. The molecule has 1 aromatic heterocycles. The number of amides is 1. The summed E-state index contributed by atoms with van der Waals surface area (Å²) in [5, 5.41) is 12.9. The number of carbonyl (C=O) groups is 1. The largest absolute Gasteiger partial charge is 0.338 e. The smallest absolute Gasteiger partial charge is 0.246 e. The summed E-state index contributed by atoms with van der Waals surface area (Å²) in [7, 11) is 1.68. The van der Waals surface area contributed by atoms with Crippen molar-refractivity contribution in [3.8, 4) is 11.8 Å². The maximum absolute atomic E-state index is 14.3. The Morgan fingerprint density at radius 1 is 1.32 bits per heavy atom. The van der Waals surface area contributed by atoms with Crippen LogP contribution in [0.3, 0.4) is 0 Å². The van der Waals surface area contributed by atoms with Crippen LogP contribution >= 0.6 is 15.9 Å². The highest BCUT2D eigenvalue weighted by molar-refractivity contribution is 9.10. The summed E-state index contributed by atoms with van der Waals surface area (Å²) < 4.78 is 16.5. The standard InChI is InChI=1S/C21H16BrFN4O/c1-26(13-17-4-2-16(11-24)3-5-17)21(28)9-7-15-6-8-20(19(23)10-15)27-14-18(22)12-25-27/h2-10,12,14H,13H2,1H3/b9-7+. The molecule has 7 heteroatoms. The highest BCUT2D eigenvalue weighted by atomic mass is 79.9. The van der Waals surface area contributed by atoms with Gasteiger partial charge in [-0.25, -0.2) is 9.07 Å². The van der Waals surface area contributed by atoms with Crippen LogP contribution in [0.1, 0.15) is 16.7 Å². The molecule has 0 aliphatic carbocycles. The van der Waals surface area contributed by atoms with Gasteiger partial charge >= 0.3 is 0 Å². The van der Waals surface area contributed by atoms with Gasteiger partial charge in [-0.3, -0.25) is 4.79 Å². The van der Waals surface area contributed by atoms with E-state index in [4.69, 9.17) is 5.26 Å². The third-order valence-corrected chi connectivity index (χ3v) is 4.48. The van der Waals surface area contributed by atoms with Crippen molar-refractivity contribution in [1.29, 1.82) is 5.26 Å². The molecular weight excluding hydrogens is 423 g/mol. The quantitative estimate of drug-likeness (QED) is 0.557. The Morgan fingerprint density at radius 2 is 2.07 bits per heavy atom. The van der Waals surface area contributed by atoms with Gasteiger partial charge in [0.2, 0.25) is 5.91 Å². The van der Waals surface area contributed by atoms with Crippen molar-refractivity contribution in [3.63, 3.8) is 0 Å². The van der Waals surface area contributed by atoms with Crippen molar-refractivity contribution >= 4 is 27.9 Å². The maximum atomic E-state index is 14.3. The Bertz CT molecular complexity index is 1070. The molecule has 3 rings (SSSR count). The van der Waals surface area contributed by atoms with Crippen LogP contribution in [-0.4, -0.2) is 27.6 Å². The monoisotopic (exact) mass is 438 g/mol. The van der Waals surface area contributed by atoms with E-state index in [2.05, 4.69) is 27.1 Å². The van der Waals surface area contributed by atoms with Gasteiger partial charge in [0.25, 0.3) is 0 Å². The summed E-state index contributed by atoms with van der Waals surface area (Å²) in [5.41, 5.74) is 2.40. The number of benzene rings is 2. The molecule has 1 amide bonds. The normalized spacial score (nSPS) is 10.8. The predicted molar refractivity (Wildman–Crippen MR) is 108 cm³/mol. The highest BCUT2D eigenvalue weighted by Crippen LogP contribution is 2.18. The summed E-state index contributed by atoms with van der Waals surface area (Å²) >= 11 is 3.28. The lowest BCUT2D eigenvalue weighted by molar-refractivity contribution is -0.125. The second-order valence-electron chi connectivity index (χ2n) is 6.15. The number of carbonyl (C=O) groups excluding carboxylic acids is 1. The third kappa shape index (κ3) is 4.72. The Hall–Kier alpha value is -3.24. The van der Waals surface area contributed by atoms with E-state index >= 15 is 0 Å². The third-order valence-electron chi connectivity index (χ3n) is 4.07. The summed E-state index contributed by atoms with van der Waals surface area (Å²) in [5.74, 6) is -0.638. The average molecular weight is 439 g/mol. The van der Waals surface area contributed by atoms with Gasteiger partial charge in [-0.1, -0.05) is 18.2 Å². The van der Waals surface area contributed by atoms with Crippen molar-refractivity contribution in [2.24, 2.45) is 0 Å². The van der Waals surface area contributed by atoms with Crippen molar-refractivity contribution in [1.82, 2.24) is 14.7 Å². The molecule has 0 radical (unpaired) electrons. The minimum atomic E-state index is -0.434. The first-order valence-corrected chi connectivity index (χ1v) is 9.18. The molecule has 0 bridgehead atoms. The number of halogens is 2. The summed E-state index contributed by atoms with van der Waals surface area (Å²) in [6.07, 6.45) is 6.22. The zero-order chi connectivity index (χ0) is 20.1. The van der Waals surface area contributed by atoms with E-state index in [-0.39, 0.29) is 5.91 Å². The van der Waals surface area contributed by atoms with Crippen molar-refractivity contribution in [2.75, 3.05) is 7.05 Å². The van der Waals surface area contributed by atoms with Gasteiger partial charge in [0.1, 0.15) is 11.5 Å². The van der Waals surface area contributed by atoms with Gasteiger partial charge in [0.05, 0.1) is 22.3 Å². The Kier molecular flexibility index (Phi) is 6.02. The first-order valence-electron chi connectivity index (χ1n) is 8.38. The number of rotatable bonds is 5. The summed E-state index contributed by atoms with van der Waals surface area (Å²) in [6.45, 7) is 0.413. The number of hydrogen-bond donors (Lipinski definition) is 0.